The van der Waals surface area contributed by atoms with Crippen LogP contribution in [0, 0.1) is 0 Å². The number of hydrogen-bond acceptors (Lipinski definition) is 6. The van der Waals surface area contributed by atoms with Gasteiger partial charge >= 0.3 is 6.61 Å². The molecule has 3 aromatic rings. The number of rotatable bonds is 6. The first-order valence-electron chi connectivity index (χ1n) is 12.8. The Morgan fingerprint density at radius 2 is 1.93 bits per heavy atom. The van der Waals surface area contributed by atoms with E-state index in [1.165, 1.54) is 41.0 Å². The zero-order valence-electron chi connectivity index (χ0n) is 22.3. The van der Waals surface area contributed by atoms with Gasteiger partial charge in [0, 0.05) is 42.9 Å². The van der Waals surface area contributed by atoms with E-state index in [9.17, 15) is 23.2 Å². The van der Waals surface area contributed by atoms with Crippen LogP contribution in [-0.2, 0) is 17.8 Å². The van der Waals surface area contributed by atoms with Crippen molar-refractivity contribution in [2.75, 3.05) is 13.6 Å². The molecule has 1 N–H and O–H groups in total. The molecule has 10 nitrogen and oxygen atoms in total. The van der Waals surface area contributed by atoms with Gasteiger partial charge in [0.2, 0.25) is 11.8 Å². The van der Waals surface area contributed by atoms with Gasteiger partial charge < -0.3 is 19.9 Å². The summed E-state index contributed by atoms with van der Waals surface area (Å²) in [7, 11) is 1.50. The Labute approximate surface area is 244 Å². The molecule has 5 rings (SSSR count). The summed E-state index contributed by atoms with van der Waals surface area (Å²) < 4.78 is 30.9. The van der Waals surface area contributed by atoms with E-state index in [4.69, 9.17) is 23.2 Å². The molecular weight excluding hydrogens is 581 g/mol. The molecule has 216 valence electrons. The Bertz CT molecular complexity index is 1520. The molecule has 2 aromatic heterocycles. The number of nitrogens with one attached hydrogen (secondary N) is 1. The summed E-state index contributed by atoms with van der Waals surface area (Å²) in [5.41, 5.74) is 2.33. The summed E-state index contributed by atoms with van der Waals surface area (Å²) in [6.45, 7) is 0.742. The number of aromatic nitrogens is 3. The largest absolute Gasteiger partial charge is 0.417 e. The molecule has 3 amide bonds. The average Bonchev–Trinajstić information content (AvgIpc) is 3.31. The summed E-state index contributed by atoms with van der Waals surface area (Å²) in [6, 6.07) is 5.84. The summed E-state index contributed by atoms with van der Waals surface area (Å²) in [4.78, 5) is 47.6. The van der Waals surface area contributed by atoms with E-state index in [0.717, 1.165) is 0 Å². The van der Waals surface area contributed by atoms with E-state index in [1.54, 1.807) is 24.0 Å². The molecule has 3 atom stereocenters. The highest BCUT2D eigenvalue weighted by atomic mass is 35.5. The maximum Gasteiger partial charge on any atom is 0.388 e. The monoisotopic (exact) mass is 606 g/mol. The van der Waals surface area contributed by atoms with Gasteiger partial charge in [-0.25, -0.2) is 9.67 Å². The van der Waals surface area contributed by atoms with Crippen LogP contribution in [0.15, 0.2) is 36.5 Å². The van der Waals surface area contributed by atoms with E-state index in [-0.39, 0.29) is 53.4 Å². The minimum atomic E-state index is -3.01. The number of halogens is 4. The van der Waals surface area contributed by atoms with Gasteiger partial charge in [-0.05, 0) is 37.6 Å². The maximum atomic E-state index is 14.0. The van der Waals surface area contributed by atoms with Crippen LogP contribution in [0.2, 0.25) is 10.0 Å². The van der Waals surface area contributed by atoms with Gasteiger partial charge in [-0.2, -0.15) is 13.9 Å². The number of likely N-dealkylation sites (N-methyl/N-ethyl adjacent to an activating group) is 1. The van der Waals surface area contributed by atoms with E-state index in [2.05, 4.69) is 20.1 Å². The van der Waals surface area contributed by atoms with Crippen LogP contribution in [0.1, 0.15) is 63.6 Å². The number of pyridine rings is 1. The van der Waals surface area contributed by atoms with Crippen molar-refractivity contribution in [3.63, 3.8) is 0 Å². The standard InChI is InChI=1S/C27H26Cl2F2N6O4/c1-13-8-20-17(11-35(13)25(39)15-4-6-18(28)19(29)9-15)23-26(40)36(12-21(24(38)32-3)37(23)34-20)14(2)16-5-7-22(33-10-16)41-27(30)31/h4-7,9-10,13-14,21,27H,8,11-12H2,1-3H3,(H,32,38)/t13-,14+,21+/m1/s1. The molecule has 0 saturated carbocycles. The highest BCUT2D eigenvalue weighted by Crippen LogP contribution is 2.36. The van der Waals surface area contributed by atoms with Crippen molar-refractivity contribution in [1.29, 1.82) is 0 Å². The molecule has 14 heteroatoms. The van der Waals surface area contributed by atoms with Gasteiger partial charge in [0.1, 0.15) is 11.7 Å². The quantitative estimate of drug-likeness (QED) is 0.448. The van der Waals surface area contributed by atoms with Crippen LogP contribution in [0.5, 0.6) is 5.88 Å². The summed E-state index contributed by atoms with van der Waals surface area (Å²) >= 11 is 12.2. The van der Waals surface area contributed by atoms with Gasteiger partial charge in [-0.1, -0.05) is 29.3 Å². The van der Waals surface area contributed by atoms with Gasteiger partial charge in [-0.15, -0.1) is 0 Å². The molecule has 0 bridgehead atoms. The Morgan fingerprint density at radius 1 is 1.17 bits per heavy atom. The molecule has 41 heavy (non-hydrogen) atoms. The van der Waals surface area contributed by atoms with Crippen LogP contribution in [0.25, 0.3) is 0 Å². The van der Waals surface area contributed by atoms with Crippen LogP contribution in [0.3, 0.4) is 0 Å². The molecule has 4 heterocycles. The van der Waals surface area contributed by atoms with Crippen molar-refractivity contribution in [2.24, 2.45) is 0 Å². The normalized spacial score (nSPS) is 19.1. The number of nitrogens with zero attached hydrogens (tertiary/aromatic N) is 5. The van der Waals surface area contributed by atoms with Crippen LogP contribution in [0.4, 0.5) is 8.78 Å². The van der Waals surface area contributed by atoms with Gasteiger partial charge in [0.05, 0.1) is 34.9 Å². The fourth-order valence-electron chi connectivity index (χ4n) is 5.24. The number of ether oxygens (including phenoxy) is 1. The van der Waals surface area contributed by atoms with Gasteiger partial charge in [0.25, 0.3) is 11.8 Å². The minimum Gasteiger partial charge on any atom is -0.417 e. The first-order chi connectivity index (χ1) is 19.5. The Morgan fingerprint density at radius 3 is 2.56 bits per heavy atom. The van der Waals surface area contributed by atoms with E-state index >= 15 is 0 Å². The second kappa shape index (κ2) is 11.2. The Hall–Kier alpha value is -3.77. The number of carbonyl (C=O) groups excluding carboxylic acids is 3. The van der Waals surface area contributed by atoms with Crippen LogP contribution in [-0.4, -0.2) is 68.5 Å². The van der Waals surface area contributed by atoms with E-state index in [0.29, 0.717) is 33.8 Å². The zero-order chi connectivity index (χ0) is 29.6. The molecule has 0 spiro atoms. The van der Waals surface area contributed by atoms with Crippen molar-refractivity contribution in [2.45, 2.75) is 51.6 Å². The second-order valence-electron chi connectivity index (χ2n) is 9.91. The first-order valence-corrected chi connectivity index (χ1v) is 13.5. The summed E-state index contributed by atoms with van der Waals surface area (Å²) in [6.07, 6.45) is 1.73. The molecule has 0 unspecified atom stereocenters. The van der Waals surface area contributed by atoms with Crippen LogP contribution < -0.4 is 10.1 Å². The molecule has 1 aromatic carbocycles. The number of benzene rings is 1. The SMILES string of the molecule is CNC(=O)[C@@H]1CN([C@@H](C)c2ccc(OC(F)F)nc2)C(=O)c2c3c(nn21)C[C@@H](C)N(C(=O)c1ccc(Cl)c(Cl)c1)C3. The highest BCUT2D eigenvalue weighted by Gasteiger charge is 2.43. The smallest absolute Gasteiger partial charge is 0.388 e. The zero-order valence-corrected chi connectivity index (χ0v) is 23.8. The first kappa shape index (κ1) is 28.7. The lowest BCUT2D eigenvalue weighted by Crippen LogP contribution is -2.49. The van der Waals surface area contributed by atoms with Crippen molar-refractivity contribution in [3.05, 3.63) is 74.7 Å². The van der Waals surface area contributed by atoms with E-state index < -0.39 is 18.7 Å². The molecule has 0 radical (unpaired) electrons. The predicted molar refractivity (Wildman–Crippen MR) is 145 cm³/mol. The number of fused-ring (bicyclic) bond motifs is 3. The molecule has 2 aliphatic rings. The fourth-order valence-corrected chi connectivity index (χ4v) is 5.54. The lowest BCUT2D eigenvalue weighted by Gasteiger charge is -2.37. The highest BCUT2D eigenvalue weighted by molar-refractivity contribution is 6.42. The molecule has 0 saturated heterocycles. The summed E-state index contributed by atoms with van der Waals surface area (Å²) in [5.74, 6) is -1.26. The lowest BCUT2D eigenvalue weighted by molar-refractivity contribution is -0.125. The average molecular weight is 607 g/mol. The topological polar surface area (TPSA) is 110 Å². The number of amides is 3. The van der Waals surface area contributed by atoms with Crippen molar-refractivity contribution >= 4 is 40.9 Å². The molecule has 0 fully saturated rings. The number of alkyl halides is 2. The fraction of sp³-hybridized carbons (Fsp3) is 0.370. The number of carbonyl (C=O) groups is 3. The van der Waals surface area contributed by atoms with Crippen LogP contribution >= 0.6 is 23.2 Å². The van der Waals surface area contributed by atoms with E-state index in [1.807, 2.05) is 6.92 Å². The predicted octanol–water partition coefficient (Wildman–Crippen LogP) is 4.28. The van der Waals surface area contributed by atoms with Crippen molar-refractivity contribution in [1.82, 2.24) is 29.9 Å². The van der Waals surface area contributed by atoms with Gasteiger partial charge in [-0.3, -0.25) is 14.4 Å². The van der Waals surface area contributed by atoms with Gasteiger partial charge in [0.15, 0.2) is 0 Å². The van der Waals surface area contributed by atoms with Crippen molar-refractivity contribution in [3.8, 4) is 5.88 Å². The Kier molecular flexibility index (Phi) is 7.89. The lowest BCUT2D eigenvalue weighted by atomic mass is 9.96. The van der Waals surface area contributed by atoms with Crippen molar-refractivity contribution < 1.29 is 27.9 Å². The number of hydrogen-bond donors (Lipinski definition) is 1. The third kappa shape index (κ3) is 5.33. The molecule has 0 aliphatic carbocycles. The molecular formula is C27H26Cl2F2N6O4. The minimum absolute atomic E-state index is 0.0178. The second-order valence-corrected chi connectivity index (χ2v) is 10.7. The Balaban J connectivity index is 1.50. The maximum absolute atomic E-state index is 14.0. The molecule has 2 aliphatic heterocycles. The third-order valence-corrected chi connectivity index (χ3v) is 8.20. The third-order valence-electron chi connectivity index (χ3n) is 7.46. The summed E-state index contributed by atoms with van der Waals surface area (Å²) in [5, 5.41) is 7.89.